The molecule has 2 amide bonds. The van der Waals surface area contributed by atoms with Gasteiger partial charge in [-0.2, -0.15) is 10.5 Å². The van der Waals surface area contributed by atoms with Crippen LogP contribution in [0.25, 0.3) is 61.1 Å². The van der Waals surface area contributed by atoms with Gasteiger partial charge in [-0.25, -0.2) is 14.9 Å². The zero-order chi connectivity index (χ0) is 35.3. The summed E-state index contributed by atoms with van der Waals surface area (Å²) < 4.78 is 2.02. The molecular weight excluding hydrogens is 645 g/mol. The van der Waals surface area contributed by atoms with E-state index in [1.54, 1.807) is 48.5 Å². The molecule has 9 rings (SSSR count). The summed E-state index contributed by atoms with van der Waals surface area (Å²) >= 11 is 0. The Hall–Kier alpha value is -7.68. The fourth-order valence-corrected chi connectivity index (χ4v) is 7.04. The molecule has 5 aromatic carbocycles. The minimum atomic E-state index is -0.402. The molecule has 0 bridgehead atoms. The van der Waals surface area contributed by atoms with Gasteiger partial charge in [-0.3, -0.25) is 9.59 Å². The van der Waals surface area contributed by atoms with Crippen LogP contribution in [0, 0.1) is 22.7 Å². The summed E-state index contributed by atoms with van der Waals surface area (Å²) in [5.41, 5.74) is 8.91. The third kappa shape index (κ3) is 4.83. The molecule has 0 aliphatic carbocycles. The van der Waals surface area contributed by atoms with E-state index in [0.717, 1.165) is 44.1 Å². The molecule has 0 atom stereocenters. The summed E-state index contributed by atoms with van der Waals surface area (Å²) in [6.07, 6.45) is 0. The van der Waals surface area contributed by atoms with Gasteiger partial charge in [-0.05, 0) is 83.9 Å². The number of carbonyl (C=O) groups is 2. The fraction of sp³-hybridized carbons (Fsp3) is 0. The van der Waals surface area contributed by atoms with Crippen LogP contribution in [-0.2, 0) is 0 Å². The number of imide groups is 1. The van der Waals surface area contributed by atoms with Crippen LogP contribution in [-0.4, -0.2) is 26.3 Å². The van der Waals surface area contributed by atoms with E-state index < -0.39 is 5.91 Å². The molecule has 8 nitrogen and oxygen atoms in total. The molecule has 52 heavy (non-hydrogen) atoms. The number of hydrogen-bond acceptors (Lipinski definition) is 6. The minimum Gasteiger partial charge on any atom is -0.308 e. The van der Waals surface area contributed by atoms with E-state index >= 15 is 0 Å². The van der Waals surface area contributed by atoms with E-state index in [9.17, 15) is 20.1 Å². The van der Waals surface area contributed by atoms with E-state index in [-0.39, 0.29) is 5.91 Å². The van der Waals surface area contributed by atoms with E-state index in [2.05, 4.69) is 22.1 Å². The summed E-state index contributed by atoms with van der Waals surface area (Å²) in [6.45, 7) is 0. The average Bonchev–Trinajstić information content (AvgIpc) is 3.67. The first-order valence-corrected chi connectivity index (χ1v) is 16.5. The molecule has 8 aromatic rings. The number of benzene rings is 5. The standard InChI is InChI=1S/C44H24N6O2/c45-25-31-9-4-12-37(47-31)29-17-21-39-35(23-29)36-24-30(38-13-5-10-32(26-46)48-38)18-22-40(36)50(39)41-14-6-11-34-42(41)44(52)49(43(34)51)33-19-15-28(16-20-33)27-7-2-1-3-8-27/h1-24H. The molecule has 242 valence electrons. The Bertz CT molecular complexity index is 2750. The number of hydrogen-bond donors (Lipinski definition) is 0. The Balaban J connectivity index is 1.22. The average molecular weight is 669 g/mol. The van der Waals surface area contributed by atoms with Gasteiger partial charge in [0.25, 0.3) is 11.8 Å². The molecule has 0 saturated carbocycles. The third-order valence-corrected chi connectivity index (χ3v) is 9.45. The monoisotopic (exact) mass is 668 g/mol. The predicted molar refractivity (Wildman–Crippen MR) is 200 cm³/mol. The molecule has 0 fully saturated rings. The Morgan fingerprint density at radius 3 is 1.62 bits per heavy atom. The lowest BCUT2D eigenvalue weighted by Gasteiger charge is -2.15. The molecular formula is C44H24N6O2. The van der Waals surface area contributed by atoms with Crippen molar-refractivity contribution in [1.29, 1.82) is 10.5 Å². The van der Waals surface area contributed by atoms with Crippen LogP contribution < -0.4 is 4.90 Å². The van der Waals surface area contributed by atoms with Crippen LogP contribution in [0.1, 0.15) is 32.1 Å². The van der Waals surface area contributed by atoms with E-state index in [0.29, 0.717) is 45.3 Å². The molecule has 0 saturated heterocycles. The van der Waals surface area contributed by atoms with Crippen molar-refractivity contribution in [2.45, 2.75) is 0 Å². The second-order valence-electron chi connectivity index (χ2n) is 12.4. The van der Waals surface area contributed by atoms with Gasteiger partial charge in [-0.1, -0.05) is 72.8 Å². The van der Waals surface area contributed by atoms with Gasteiger partial charge in [-0.15, -0.1) is 0 Å². The molecule has 0 radical (unpaired) electrons. The maximum Gasteiger partial charge on any atom is 0.268 e. The SMILES string of the molecule is N#Cc1cccc(-c2ccc3c(c2)c2cc(-c4cccc(C#N)n4)ccc2n3-c2cccc3c2C(=O)N(c2ccc(-c4ccccc4)cc2)C3=O)n1. The number of fused-ring (bicyclic) bond motifs is 4. The third-order valence-electron chi connectivity index (χ3n) is 9.45. The lowest BCUT2D eigenvalue weighted by atomic mass is 10.0. The lowest BCUT2D eigenvalue weighted by molar-refractivity contribution is 0.0926. The van der Waals surface area contributed by atoms with Gasteiger partial charge >= 0.3 is 0 Å². The summed E-state index contributed by atoms with van der Waals surface area (Å²) in [5, 5.41) is 20.7. The topological polar surface area (TPSA) is 116 Å². The summed E-state index contributed by atoms with van der Waals surface area (Å²) in [6, 6.07) is 49.5. The fourth-order valence-electron chi connectivity index (χ4n) is 7.04. The Morgan fingerprint density at radius 1 is 0.500 bits per heavy atom. The number of nitrogens with zero attached hydrogens (tertiary/aromatic N) is 6. The molecule has 8 heteroatoms. The molecule has 0 N–H and O–H groups in total. The smallest absolute Gasteiger partial charge is 0.268 e. The first kappa shape index (κ1) is 30.4. The molecule has 0 spiro atoms. The van der Waals surface area contributed by atoms with E-state index in [4.69, 9.17) is 0 Å². The largest absolute Gasteiger partial charge is 0.308 e. The van der Waals surface area contributed by atoms with Crippen molar-refractivity contribution >= 4 is 39.3 Å². The van der Waals surface area contributed by atoms with Crippen molar-refractivity contribution in [2.75, 3.05) is 4.90 Å². The maximum absolute atomic E-state index is 14.4. The highest BCUT2D eigenvalue weighted by molar-refractivity contribution is 6.35. The van der Waals surface area contributed by atoms with Gasteiger partial charge in [0.2, 0.25) is 0 Å². The predicted octanol–water partition coefficient (Wildman–Crippen LogP) is 9.12. The first-order valence-electron chi connectivity index (χ1n) is 16.5. The van der Waals surface area contributed by atoms with Crippen molar-refractivity contribution in [3.8, 4) is 51.5 Å². The number of aromatic nitrogens is 3. The Labute approximate surface area is 297 Å². The highest BCUT2D eigenvalue weighted by Gasteiger charge is 2.39. The van der Waals surface area contributed by atoms with Gasteiger partial charge < -0.3 is 4.57 Å². The van der Waals surface area contributed by atoms with Crippen molar-refractivity contribution < 1.29 is 9.59 Å². The van der Waals surface area contributed by atoms with Crippen LogP contribution in [0.4, 0.5) is 5.69 Å². The van der Waals surface area contributed by atoms with Crippen molar-refractivity contribution in [3.63, 3.8) is 0 Å². The number of pyridine rings is 2. The normalized spacial score (nSPS) is 12.2. The van der Waals surface area contributed by atoms with Crippen LogP contribution >= 0.6 is 0 Å². The number of rotatable bonds is 5. The molecule has 1 aliphatic rings. The van der Waals surface area contributed by atoms with E-state index in [1.807, 2.05) is 102 Å². The van der Waals surface area contributed by atoms with Crippen molar-refractivity contribution in [1.82, 2.24) is 14.5 Å². The van der Waals surface area contributed by atoms with Gasteiger partial charge in [0.15, 0.2) is 0 Å². The Kier molecular flexibility index (Phi) is 7.03. The second-order valence-corrected chi connectivity index (χ2v) is 12.4. The zero-order valence-corrected chi connectivity index (χ0v) is 27.4. The number of carbonyl (C=O) groups excluding carboxylic acids is 2. The lowest BCUT2D eigenvalue weighted by Crippen LogP contribution is -2.29. The van der Waals surface area contributed by atoms with Crippen molar-refractivity contribution in [3.05, 3.63) is 168 Å². The highest BCUT2D eigenvalue weighted by atomic mass is 16.2. The summed E-state index contributed by atoms with van der Waals surface area (Å²) in [4.78, 5) is 38.6. The van der Waals surface area contributed by atoms with Crippen molar-refractivity contribution in [2.24, 2.45) is 0 Å². The molecule has 1 aliphatic heterocycles. The van der Waals surface area contributed by atoms with Crippen LogP contribution in [0.3, 0.4) is 0 Å². The summed E-state index contributed by atoms with van der Waals surface area (Å²) in [7, 11) is 0. The summed E-state index contributed by atoms with van der Waals surface area (Å²) in [5.74, 6) is -0.784. The number of amides is 2. The molecule has 3 aromatic heterocycles. The molecule has 4 heterocycles. The first-order chi connectivity index (χ1) is 25.5. The van der Waals surface area contributed by atoms with Gasteiger partial charge in [0, 0.05) is 21.9 Å². The number of anilines is 1. The minimum absolute atomic E-state index is 0.313. The second kappa shape index (κ2) is 12.0. The van der Waals surface area contributed by atoms with Crippen LogP contribution in [0.5, 0.6) is 0 Å². The zero-order valence-electron chi connectivity index (χ0n) is 27.4. The quantitative estimate of drug-likeness (QED) is 0.169. The molecule has 0 unspecified atom stereocenters. The van der Waals surface area contributed by atoms with Crippen LogP contribution in [0.15, 0.2) is 146 Å². The Morgan fingerprint density at radius 2 is 1.04 bits per heavy atom. The van der Waals surface area contributed by atoms with E-state index in [1.165, 1.54) is 4.90 Å². The van der Waals surface area contributed by atoms with Gasteiger partial charge in [0.05, 0.1) is 44.9 Å². The number of nitriles is 2. The highest BCUT2D eigenvalue weighted by Crippen LogP contribution is 2.40. The van der Waals surface area contributed by atoms with Gasteiger partial charge in [0.1, 0.15) is 23.5 Å². The maximum atomic E-state index is 14.4. The van der Waals surface area contributed by atoms with Crippen LogP contribution in [0.2, 0.25) is 0 Å².